The van der Waals surface area contributed by atoms with E-state index in [2.05, 4.69) is 30.2 Å². The summed E-state index contributed by atoms with van der Waals surface area (Å²) < 4.78 is 45.2. The summed E-state index contributed by atoms with van der Waals surface area (Å²) in [5, 5.41) is 21.0. The van der Waals surface area contributed by atoms with E-state index >= 15 is 0 Å². The van der Waals surface area contributed by atoms with E-state index in [1.54, 1.807) is 6.92 Å². The molecule has 4 heterocycles. The first kappa shape index (κ1) is 25.6. The van der Waals surface area contributed by atoms with Crippen LogP contribution in [-0.4, -0.2) is 74.6 Å². The van der Waals surface area contributed by atoms with Gasteiger partial charge in [-0.3, -0.25) is 10.2 Å². The van der Waals surface area contributed by atoms with Crippen LogP contribution >= 0.6 is 0 Å². The van der Waals surface area contributed by atoms with Crippen molar-refractivity contribution < 1.29 is 32.9 Å². The zero-order chi connectivity index (χ0) is 27.0. The quantitative estimate of drug-likeness (QED) is 0.438. The maximum atomic E-state index is 13.5. The van der Waals surface area contributed by atoms with Crippen LogP contribution in [0.2, 0.25) is 0 Å². The van der Waals surface area contributed by atoms with Gasteiger partial charge in [-0.25, -0.2) is 19.7 Å². The van der Waals surface area contributed by atoms with Crippen molar-refractivity contribution in [3.63, 3.8) is 0 Å². The lowest BCUT2D eigenvalue weighted by molar-refractivity contribution is -0.137. The third kappa shape index (κ3) is 5.04. The molecule has 2 aliphatic heterocycles. The van der Waals surface area contributed by atoms with Gasteiger partial charge in [0.25, 0.3) is 0 Å². The summed E-state index contributed by atoms with van der Waals surface area (Å²) in [5.74, 6) is 0.382. The van der Waals surface area contributed by atoms with Gasteiger partial charge < -0.3 is 19.8 Å². The summed E-state index contributed by atoms with van der Waals surface area (Å²) >= 11 is 0. The monoisotopic (exact) mass is 531 g/mol. The maximum Gasteiger partial charge on any atom is 0.416 e. The van der Waals surface area contributed by atoms with Crippen molar-refractivity contribution >= 4 is 23.5 Å². The van der Waals surface area contributed by atoms with Crippen molar-refractivity contribution in [1.29, 1.82) is 0 Å². The number of hydrogen-bond acceptors (Lipinski definition) is 9. The molecule has 3 N–H and O–H groups in total. The zero-order valence-corrected chi connectivity index (χ0v) is 20.2. The smallest absolute Gasteiger partial charge is 0.416 e. The van der Waals surface area contributed by atoms with Crippen molar-refractivity contribution in [3.8, 4) is 17.3 Å². The van der Waals surface area contributed by atoms with Crippen molar-refractivity contribution in [2.45, 2.75) is 31.7 Å². The Morgan fingerprint density at radius 3 is 2.84 bits per heavy atom. The Morgan fingerprint density at radius 1 is 1.26 bits per heavy atom. The fourth-order valence-corrected chi connectivity index (χ4v) is 4.52. The number of aromatic nitrogens is 4. The van der Waals surface area contributed by atoms with E-state index < -0.39 is 30.5 Å². The van der Waals surface area contributed by atoms with Gasteiger partial charge in [-0.2, -0.15) is 18.2 Å². The summed E-state index contributed by atoms with van der Waals surface area (Å²) in [4.78, 5) is 34.2. The molecule has 0 saturated carbocycles. The van der Waals surface area contributed by atoms with E-state index in [0.717, 1.165) is 12.1 Å². The maximum absolute atomic E-state index is 13.5. The van der Waals surface area contributed by atoms with Gasteiger partial charge >= 0.3 is 12.2 Å². The number of benzene rings is 1. The molecule has 0 aliphatic carbocycles. The SMILES string of the molecule is Cc1nc(-c2cccc(C(F)(F)F)c2)nc2c1N1CC[C@@H](C1)N2C(=O)Nc1nccc(OC[C@@H](O)CO)n1. The largest absolute Gasteiger partial charge is 0.475 e. The van der Waals surface area contributed by atoms with Gasteiger partial charge in [-0.05, 0) is 25.5 Å². The number of halogens is 3. The highest BCUT2D eigenvalue weighted by atomic mass is 19.4. The molecule has 0 unspecified atom stereocenters. The highest BCUT2D eigenvalue weighted by molar-refractivity contribution is 6.04. The number of nitrogens with one attached hydrogen (secondary N) is 1. The first-order valence-electron chi connectivity index (χ1n) is 11.8. The van der Waals surface area contributed by atoms with E-state index in [0.29, 0.717) is 30.9 Å². The molecule has 14 heteroatoms. The number of aliphatic hydroxyl groups is 2. The van der Waals surface area contributed by atoms with Crippen LogP contribution in [0.4, 0.5) is 35.4 Å². The minimum atomic E-state index is -4.52. The number of urea groups is 1. The van der Waals surface area contributed by atoms with Crippen molar-refractivity contribution in [2.75, 3.05) is 41.4 Å². The molecule has 11 nitrogen and oxygen atoms in total. The lowest BCUT2D eigenvalue weighted by Crippen LogP contribution is -2.48. The lowest BCUT2D eigenvalue weighted by atomic mass is 10.1. The number of rotatable bonds is 6. The van der Waals surface area contributed by atoms with Crippen LogP contribution in [0.5, 0.6) is 5.88 Å². The molecular weight excluding hydrogens is 507 g/mol. The first-order valence-corrected chi connectivity index (χ1v) is 11.8. The van der Waals surface area contributed by atoms with Crippen LogP contribution < -0.4 is 19.9 Å². The molecule has 2 bridgehead atoms. The predicted octanol–water partition coefficient (Wildman–Crippen LogP) is 2.62. The molecule has 200 valence electrons. The summed E-state index contributed by atoms with van der Waals surface area (Å²) in [6, 6.07) is 5.37. The second kappa shape index (κ2) is 10.0. The number of amides is 2. The molecule has 2 atom stereocenters. The second-order valence-corrected chi connectivity index (χ2v) is 8.94. The van der Waals surface area contributed by atoms with Crippen molar-refractivity contribution in [3.05, 3.63) is 47.8 Å². The standard InChI is InChI=1S/C24H24F3N7O4/c1-13-19-21(31-20(29-13)14-3-2-4-15(9-14)24(25,26)27)34(16-6-8-33(19)10-16)23(37)32-22-28-7-5-18(30-22)38-12-17(36)11-35/h2-5,7,9,16-17,35-36H,6,8,10-12H2,1H3,(H,28,30,32,37)/t16-,17-/m0/s1. The fourth-order valence-electron chi connectivity index (χ4n) is 4.52. The number of carbonyl (C=O) groups excluding carboxylic acids is 1. The van der Waals surface area contributed by atoms with Gasteiger partial charge in [0.1, 0.15) is 18.4 Å². The summed E-state index contributed by atoms with van der Waals surface area (Å²) in [5.41, 5.74) is 0.533. The summed E-state index contributed by atoms with van der Waals surface area (Å²) in [7, 11) is 0. The zero-order valence-electron chi connectivity index (χ0n) is 20.2. The van der Waals surface area contributed by atoms with Crippen LogP contribution in [0.15, 0.2) is 36.5 Å². The van der Waals surface area contributed by atoms with Gasteiger partial charge in [0.15, 0.2) is 11.6 Å². The number of ether oxygens (including phenoxy) is 1. The molecule has 5 rings (SSSR count). The predicted molar refractivity (Wildman–Crippen MR) is 130 cm³/mol. The third-order valence-electron chi connectivity index (χ3n) is 6.26. The Balaban J connectivity index is 1.46. The minimum absolute atomic E-state index is 0.0585. The minimum Gasteiger partial charge on any atom is -0.475 e. The second-order valence-electron chi connectivity index (χ2n) is 8.94. The topological polar surface area (TPSA) is 137 Å². The van der Waals surface area contributed by atoms with E-state index in [9.17, 15) is 23.1 Å². The Kier molecular flexibility index (Phi) is 6.75. The molecule has 0 spiro atoms. The Labute approximate surface area is 214 Å². The third-order valence-corrected chi connectivity index (χ3v) is 6.26. The van der Waals surface area contributed by atoms with Crippen LogP contribution in [0.3, 0.4) is 0 Å². The number of aryl methyl sites for hydroxylation is 1. The van der Waals surface area contributed by atoms with Crippen LogP contribution in [0.1, 0.15) is 17.7 Å². The number of anilines is 3. The molecule has 1 saturated heterocycles. The average molecular weight is 531 g/mol. The first-order chi connectivity index (χ1) is 18.1. The number of alkyl halides is 3. The molecular formula is C24H24F3N7O4. The highest BCUT2D eigenvalue weighted by Gasteiger charge is 2.42. The van der Waals surface area contributed by atoms with Gasteiger partial charge in [0.2, 0.25) is 11.8 Å². The van der Waals surface area contributed by atoms with E-state index in [-0.39, 0.29) is 41.7 Å². The molecule has 3 aromatic rings. The van der Waals surface area contributed by atoms with E-state index in [1.807, 2.05) is 0 Å². The van der Waals surface area contributed by atoms with Crippen molar-refractivity contribution in [1.82, 2.24) is 19.9 Å². The van der Waals surface area contributed by atoms with E-state index in [1.165, 1.54) is 29.3 Å². The molecule has 1 aromatic carbocycles. The van der Waals surface area contributed by atoms with Gasteiger partial charge in [0, 0.05) is 30.9 Å². The number of hydrogen-bond donors (Lipinski definition) is 3. The fraction of sp³-hybridized carbons (Fsp3) is 0.375. The van der Waals surface area contributed by atoms with Crippen molar-refractivity contribution in [2.24, 2.45) is 0 Å². The van der Waals surface area contributed by atoms with Crippen LogP contribution in [0, 0.1) is 6.92 Å². The Bertz CT molecular complexity index is 1360. The summed E-state index contributed by atoms with van der Waals surface area (Å²) in [6.07, 6.45) is -3.59. The lowest BCUT2D eigenvalue weighted by Gasteiger charge is -2.36. The normalized spacial score (nSPS) is 17.3. The number of nitrogens with zero attached hydrogens (tertiary/aromatic N) is 6. The molecule has 0 radical (unpaired) electrons. The average Bonchev–Trinajstić information content (AvgIpc) is 3.29. The summed E-state index contributed by atoms with van der Waals surface area (Å²) in [6.45, 7) is 2.27. The Hall–Kier alpha value is -4.04. The molecule has 2 amide bonds. The van der Waals surface area contributed by atoms with Gasteiger partial charge in [-0.1, -0.05) is 12.1 Å². The number of carbonyl (C=O) groups is 1. The molecule has 2 aliphatic rings. The molecule has 1 fully saturated rings. The van der Waals surface area contributed by atoms with E-state index in [4.69, 9.17) is 9.84 Å². The Morgan fingerprint density at radius 2 is 2.08 bits per heavy atom. The van der Waals surface area contributed by atoms with Crippen LogP contribution in [-0.2, 0) is 6.18 Å². The molecule has 2 aromatic heterocycles. The van der Waals surface area contributed by atoms with Crippen LogP contribution in [0.25, 0.3) is 11.4 Å². The number of fused-ring (bicyclic) bond motifs is 4. The van der Waals surface area contributed by atoms with Gasteiger partial charge in [0.05, 0.1) is 23.9 Å². The van der Waals surface area contributed by atoms with Gasteiger partial charge in [-0.15, -0.1) is 0 Å². The molecule has 38 heavy (non-hydrogen) atoms. The highest BCUT2D eigenvalue weighted by Crippen LogP contribution is 2.42. The number of aliphatic hydroxyl groups excluding tert-OH is 2.